The molecule has 0 aliphatic carbocycles. The van der Waals surface area contributed by atoms with Gasteiger partial charge in [-0.3, -0.25) is 15.4 Å². The lowest BCUT2D eigenvalue weighted by molar-refractivity contribution is -0.122. The second-order valence-electron chi connectivity index (χ2n) is 3.02. The van der Waals surface area contributed by atoms with Gasteiger partial charge in [0.2, 0.25) is 5.91 Å². The van der Waals surface area contributed by atoms with Gasteiger partial charge in [0, 0.05) is 7.05 Å². The molecule has 0 saturated heterocycles. The number of imide groups is 1. The van der Waals surface area contributed by atoms with Crippen LogP contribution in [-0.4, -0.2) is 54.5 Å². The lowest BCUT2D eigenvalue weighted by atomic mass is 10.2. The van der Waals surface area contributed by atoms with E-state index in [1.54, 1.807) is 0 Å². The molecule has 0 aromatic carbocycles. The van der Waals surface area contributed by atoms with Crippen molar-refractivity contribution in [3.63, 3.8) is 0 Å². The Morgan fingerprint density at radius 1 is 1.27 bits per heavy atom. The molecule has 0 aromatic heterocycles. The van der Waals surface area contributed by atoms with E-state index < -0.39 is 24.0 Å². The minimum atomic E-state index is -0.674. The Balaban J connectivity index is 4.03. The lowest BCUT2D eigenvalue weighted by Gasteiger charge is -2.18. The van der Waals surface area contributed by atoms with Gasteiger partial charge in [-0.25, -0.2) is 4.79 Å². The fourth-order valence-corrected chi connectivity index (χ4v) is 0.875. The van der Waals surface area contributed by atoms with Gasteiger partial charge in [-0.15, -0.1) is 0 Å². The van der Waals surface area contributed by atoms with E-state index in [9.17, 15) is 9.59 Å². The van der Waals surface area contributed by atoms with Crippen LogP contribution < -0.4 is 16.0 Å². The van der Waals surface area contributed by atoms with Crippen LogP contribution in [0.25, 0.3) is 0 Å². The molecule has 0 heterocycles. The Hall–Kier alpha value is -1.18. The second kappa shape index (κ2) is 7.16. The molecular formula is C8H17N3O4. The van der Waals surface area contributed by atoms with Crippen molar-refractivity contribution < 1.29 is 19.8 Å². The largest absolute Gasteiger partial charge is 0.395 e. The number of aliphatic hydroxyl groups is 2. The summed E-state index contributed by atoms with van der Waals surface area (Å²) in [5, 5.41) is 24.5. The van der Waals surface area contributed by atoms with Crippen LogP contribution in [0.5, 0.6) is 0 Å². The van der Waals surface area contributed by atoms with Crippen LogP contribution >= 0.6 is 0 Å². The van der Waals surface area contributed by atoms with Crippen molar-refractivity contribution in [2.24, 2.45) is 0 Å². The van der Waals surface area contributed by atoms with Gasteiger partial charge in [0.05, 0.1) is 25.3 Å². The highest BCUT2D eigenvalue weighted by Crippen LogP contribution is 1.87. The quantitative estimate of drug-likeness (QED) is 0.359. The van der Waals surface area contributed by atoms with Gasteiger partial charge in [0.1, 0.15) is 0 Å². The van der Waals surface area contributed by atoms with Gasteiger partial charge in [0.25, 0.3) is 0 Å². The first-order valence-electron chi connectivity index (χ1n) is 4.55. The van der Waals surface area contributed by atoms with Crippen molar-refractivity contribution in [3.8, 4) is 0 Å². The van der Waals surface area contributed by atoms with Gasteiger partial charge < -0.3 is 15.5 Å². The fraction of sp³-hybridized carbons (Fsp3) is 0.750. The summed E-state index contributed by atoms with van der Waals surface area (Å²) in [5.74, 6) is -0.527. The van der Waals surface area contributed by atoms with Crippen molar-refractivity contribution in [2.75, 3.05) is 20.3 Å². The summed E-state index contributed by atoms with van der Waals surface area (Å²) in [6.45, 7) is 0.957. The number of nitrogens with one attached hydrogen (secondary N) is 3. The van der Waals surface area contributed by atoms with E-state index in [-0.39, 0.29) is 13.2 Å². The van der Waals surface area contributed by atoms with Crippen LogP contribution in [0, 0.1) is 0 Å². The summed E-state index contributed by atoms with van der Waals surface area (Å²) in [5.41, 5.74) is 0. The lowest BCUT2D eigenvalue weighted by Crippen LogP contribution is -2.51. The zero-order chi connectivity index (χ0) is 11.8. The number of amides is 3. The zero-order valence-corrected chi connectivity index (χ0v) is 8.78. The molecule has 3 amide bonds. The van der Waals surface area contributed by atoms with Gasteiger partial charge in [0.15, 0.2) is 0 Å². The Morgan fingerprint density at radius 3 is 2.20 bits per heavy atom. The summed E-state index contributed by atoms with van der Waals surface area (Å²) in [7, 11) is 1.39. The average Bonchev–Trinajstić information content (AvgIpc) is 2.24. The van der Waals surface area contributed by atoms with Gasteiger partial charge in [-0.05, 0) is 6.92 Å². The molecule has 0 aliphatic rings. The first kappa shape index (κ1) is 13.8. The van der Waals surface area contributed by atoms with Crippen LogP contribution in [0.3, 0.4) is 0 Å². The Morgan fingerprint density at radius 2 is 1.80 bits per heavy atom. The van der Waals surface area contributed by atoms with Crippen LogP contribution in [0.1, 0.15) is 6.92 Å². The monoisotopic (exact) mass is 219 g/mol. The summed E-state index contributed by atoms with van der Waals surface area (Å²) in [6.07, 6.45) is 0. The number of carbonyl (C=O) groups excluding carboxylic acids is 2. The van der Waals surface area contributed by atoms with Gasteiger partial charge >= 0.3 is 6.03 Å². The normalized spacial score (nSPS) is 12.3. The zero-order valence-electron chi connectivity index (χ0n) is 8.78. The third kappa shape index (κ3) is 5.31. The molecular weight excluding hydrogens is 202 g/mol. The second-order valence-corrected chi connectivity index (χ2v) is 3.02. The topological polar surface area (TPSA) is 111 Å². The van der Waals surface area contributed by atoms with E-state index in [0.29, 0.717) is 0 Å². The van der Waals surface area contributed by atoms with Crippen molar-refractivity contribution >= 4 is 11.9 Å². The molecule has 88 valence electrons. The maximum absolute atomic E-state index is 11.3. The maximum Gasteiger partial charge on any atom is 0.321 e. The summed E-state index contributed by atoms with van der Waals surface area (Å²) in [6, 6.07) is -1.85. The number of urea groups is 1. The molecule has 0 saturated carbocycles. The Labute approximate surface area is 87.9 Å². The molecule has 7 nitrogen and oxygen atoms in total. The summed E-state index contributed by atoms with van der Waals surface area (Å²) in [4.78, 5) is 22.1. The molecule has 15 heavy (non-hydrogen) atoms. The molecule has 7 heteroatoms. The van der Waals surface area contributed by atoms with Crippen molar-refractivity contribution in [1.82, 2.24) is 16.0 Å². The molecule has 0 fully saturated rings. The number of aliphatic hydroxyl groups excluding tert-OH is 2. The molecule has 5 N–H and O–H groups in total. The Kier molecular flexibility index (Phi) is 6.59. The van der Waals surface area contributed by atoms with E-state index in [4.69, 9.17) is 10.2 Å². The van der Waals surface area contributed by atoms with Crippen molar-refractivity contribution in [3.05, 3.63) is 0 Å². The summed E-state index contributed by atoms with van der Waals surface area (Å²) >= 11 is 0. The standard InChI is InChI=1S/C8H17N3O4/c1-5(10-6(3-12)4-13)7(14)11-8(15)9-2/h5-6,10,12-13H,3-4H2,1-2H3,(H2,9,11,14,15). The Bertz CT molecular complexity index is 218. The van der Waals surface area contributed by atoms with Gasteiger partial charge in [-0.2, -0.15) is 0 Å². The predicted molar refractivity (Wildman–Crippen MR) is 53.2 cm³/mol. The number of carbonyl (C=O) groups is 2. The minimum absolute atomic E-state index is 0.284. The first-order chi connectivity index (χ1) is 7.04. The highest BCUT2D eigenvalue weighted by molar-refractivity contribution is 5.96. The van der Waals surface area contributed by atoms with E-state index in [1.165, 1.54) is 14.0 Å². The number of rotatable bonds is 5. The SMILES string of the molecule is CNC(=O)NC(=O)C(C)NC(CO)CO. The molecule has 0 aliphatic heterocycles. The van der Waals surface area contributed by atoms with Crippen molar-refractivity contribution in [2.45, 2.75) is 19.0 Å². The minimum Gasteiger partial charge on any atom is -0.395 e. The van der Waals surface area contributed by atoms with Crippen LogP contribution in [-0.2, 0) is 4.79 Å². The van der Waals surface area contributed by atoms with Crippen LogP contribution in [0.15, 0.2) is 0 Å². The number of hydrogen-bond acceptors (Lipinski definition) is 5. The molecule has 1 atom stereocenters. The van der Waals surface area contributed by atoms with Crippen molar-refractivity contribution in [1.29, 1.82) is 0 Å². The highest BCUT2D eigenvalue weighted by Gasteiger charge is 2.18. The highest BCUT2D eigenvalue weighted by atomic mass is 16.3. The summed E-state index contributed by atoms with van der Waals surface area (Å²) < 4.78 is 0. The third-order valence-electron chi connectivity index (χ3n) is 1.78. The number of hydrogen-bond donors (Lipinski definition) is 5. The predicted octanol–water partition coefficient (Wildman–Crippen LogP) is -2.23. The molecule has 0 aromatic rings. The molecule has 0 rings (SSSR count). The van der Waals surface area contributed by atoms with Crippen LogP contribution in [0.2, 0.25) is 0 Å². The van der Waals surface area contributed by atoms with E-state index in [1.807, 2.05) is 0 Å². The molecule has 1 unspecified atom stereocenters. The first-order valence-corrected chi connectivity index (χ1v) is 4.55. The smallest absolute Gasteiger partial charge is 0.321 e. The fourth-order valence-electron chi connectivity index (χ4n) is 0.875. The molecule has 0 bridgehead atoms. The third-order valence-corrected chi connectivity index (χ3v) is 1.78. The van der Waals surface area contributed by atoms with Gasteiger partial charge in [-0.1, -0.05) is 0 Å². The van der Waals surface area contributed by atoms with E-state index >= 15 is 0 Å². The molecule has 0 radical (unpaired) electrons. The maximum atomic E-state index is 11.3. The van der Waals surface area contributed by atoms with E-state index in [0.717, 1.165) is 0 Å². The average molecular weight is 219 g/mol. The molecule has 0 spiro atoms. The van der Waals surface area contributed by atoms with E-state index in [2.05, 4.69) is 16.0 Å². The van der Waals surface area contributed by atoms with Crippen LogP contribution in [0.4, 0.5) is 4.79 Å².